The Balaban J connectivity index is 0.849. The summed E-state index contributed by atoms with van der Waals surface area (Å²) in [5.74, 6) is 0.490. The summed E-state index contributed by atoms with van der Waals surface area (Å²) >= 11 is 0. The molecule has 8 aromatic carbocycles. The molecule has 0 heterocycles. The topological polar surface area (TPSA) is 178 Å². The Morgan fingerprint density at radius 1 is 0.377 bits per heavy atom. The van der Waals surface area contributed by atoms with Crippen LogP contribution >= 0.6 is 0 Å². The van der Waals surface area contributed by atoms with Gasteiger partial charge in [-0.2, -0.15) is 16.8 Å². The van der Waals surface area contributed by atoms with Crippen molar-refractivity contribution in [2.45, 2.75) is 9.79 Å². The van der Waals surface area contributed by atoms with Gasteiger partial charge in [-0.1, -0.05) is 84.9 Å². The van der Waals surface area contributed by atoms with Crippen LogP contribution in [-0.4, -0.2) is 28.9 Å². The zero-order valence-electron chi connectivity index (χ0n) is 31.8. The second kappa shape index (κ2) is 17.1. The van der Waals surface area contributed by atoms with Crippen LogP contribution in [0.4, 0.5) is 32.3 Å². The number of urea groups is 2. The van der Waals surface area contributed by atoms with Crippen molar-refractivity contribution in [2.24, 2.45) is 0 Å². The molecule has 0 aliphatic carbocycles. The summed E-state index contributed by atoms with van der Waals surface area (Å²) in [4.78, 5) is 25.3. The van der Waals surface area contributed by atoms with E-state index < -0.39 is 32.3 Å². The zero-order chi connectivity index (χ0) is 42.4. The highest BCUT2D eigenvalue weighted by molar-refractivity contribution is 7.87. The van der Waals surface area contributed by atoms with Crippen molar-refractivity contribution >= 4 is 76.6 Å². The first-order valence-electron chi connectivity index (χ1n) is 18.6. The molecule has 0 atom stereocenters. The smallest absolute Gasteiger partial charge is 0.339 e. The molecule has 304 valence electrons. The van der Waals surface area contributed by atoms with E-state index >= 15 is 0 Å². The molecule has 15 heteroatoms. The van der Waals surface area contributed by atoms with Gasteiger partial charge in [0.2, 0.25) is 0 Å². The fraction of sp³-hybridized carbons (Fsp3) is 0. The van der Waals surface area contributed by atoms with Crippen molar-refractivity contribution in [3.8, 4) is 23.0 Å². The summed E-state index contributed by atoms with van der Waals surface area (Å²) in [5, 5.41) is 14.7. The van der Waals surface area contributed by atoms with E-state index in [0.717, 1.165) is 21.5 Å². The van der Waals surface area contributed by atoms with Crippen LogP contribution in [0.5, 0.6) is 23.0 Å². The minimum Gasteiger partial charge on any atom is -0.457 e. The van der Waals surface area contributed by atoms with Crippen LogP contribution in [0.15, 0.2) is 192 Å². The monoisotopic (exact) mass is 850 g/mol. The number of rotatable bonds is 12. The molecule has 0 spiro atoms. The molecule has 0 bridgehead atoms. The van der Waals surface area contributed by atoms with Crippen molar-refractivity contribution in [1.82, 2.24) is 0 Å². The highest BCUT2D eigenvalue weighted by Gasteiger charge is 2.20. The Morgan fingerprint density at radius 3 is 1.18 bits per heavy atom. The Kier molecular flexibility index (Phi) is 11.2. The molecular weight excluding hydrogens is 817 g/mol. The van der Waals surface area contributed by atoms with E-state index in [1.807, 2.05) is 72.8 Å². The molecule has 61 heavy (non-hydrogen) atoms. The molecule has 8 aromatic rings. The first-order valence-corrected chi connectivity index (χ1v) is 21.4. The third kappa shape index (κ3) is 9.71. The molecule has 13 nitrogen and oxygen atoms in total. The molecule has 4 N–H and O–H groups in total. The quantitative estimate of drug-likeness (QED) is 0.0871. The highest BCUT2D eigenvalue weighted by Crippen LogP contribution is 2.29. The van der Waals surface area contributed by atoms with Gasteiger partial charge in [-0.3, -0.25) is 0 Å². The van der Waals surface area contributed by atoms with Crippen LogP contribution in [0.2, 0.25) is 0 Å². The lowest BCUT2D eigenvalue weighted by molar-refractivity contribution is 0.261. The predicted octanol–water partition coefficient (Wildman–Crippen LogP) is 10.6. The van der Waals surface area contributed by atoms with Crippen molar-refractivity contribution in [1.29, 1.82) is 0 Å². The Labute approximate surface area is 350 Å². The van der Waals surface area contributed by atoms with Crippen LogP contribution in [-0.2, 0) is 20.2 Å². The number of hydrogen-bond donors (Lipinski definition) is 4. The molecular formula is C46H34N4O9S2. The second-order valence-electron chi connectivity index (χ2n) is 13.4. The van der Waals surface area contributed by atoms with Crippen LogP contribution < -0.4 is 34.4 Å². The maximum atomic E-state index is 13.2. The van der Waals surface area contributed by atoms with Crippen LogP contribution in [0, 0.1) is 0 Å². The molecule has 0 aliphatic heterocycles. The minimum absolute atomic E-state index is 0.0214. The van der Waals surface area contributed by atoms with Gasteiger partial charge in [0.1, 0.15) is 32.8 Å². The van der Waals surface area contributed by atoms with Crippen LogP contribution in [0.3, 0.4) is 0 Å². The predicted molar refractivity (Wildman–Crippen MR) is 235 cm³/mol. The van der Waals surface area contributed by atoms with E-state index in [1.54, 1.807) is 36.4 Å². The summed E-state index contributed by atoms with van der Waals surface area (Å²) in [6.07, 6.45) is 0. The van der Waals surface area contributed by atoms with E-state index in [4.69, 9.17) is 13.1 Å². The standard InChI is InChI=1S/C46H34N4O9S2/c51-45(49-43-19-5-11-31-9-1-3-17-41(31)43)47-33-13-7-15-37(29-33)58-60(53,54)39-25-21-35(22-26-39)57-36-23-27-40(28-24-36)61(55,56)59-38-16-8-14-34(30-38)48-46(52)50-44-20-6-12-32-10-2-4-18-42(32)44/h1-30H,(H2,47,49,51)(H2,48,50,52). The van der Waals surface area contributed by atoms with Gasteiger partial charge in [0.15, 0.2) is 0 Å². The van der Waals surface area contributed by atoms with Gasteiger partial charge in [-0.15, -0.1) is 0 Å². The number of fused-ring (bicyclic) bond motifs is 2. The molecule has 0 unspecified atom stereocenters. The van der Waals surface area contributed by atoms with Gasteiger partial charge in [0.05, 0.1) is 11.4 Å². The van der Waals surface area contributed by atoms with E-state index in [1.165, 1.54) is 72.8 Å². The molecule has 8 rings (SSSR count). The molecule has 0 aromatic heterocycles. The van der Waals surface area contributed by atoms with Gasteiger partial charge in [0, 0.05) is 34.3 Å². The third-order valence-electron chi connectivity index (χ3n) is 9.13. The molecule has 0 saturated carbocycles. The Morgan fingerprint density at radius 2 is 0.754 bits per heavy atom. The van der Waals surface area contributed by atoms with Gasteiger partial charge in [-0.05, 0) is 95.7 Å². The maximum absolute atomic E-state index is 13.2. The van der Waals surface area contributed by atoms with Crippen LogP contribution in [0.25, 0.3) is 21.5 Å². The van der Waals surface area contributed by atoms with E-state index in [2.05, 4.69) is 21.3 Å². The third-order valence-corrected chi connectivity index (χ3v) is 11.7. The maximum Gasteiger partial charge on any atom is 0.339 e. The van der Waals surface area contributed by atoms with E-state index in [0.29, 0.717) is 22.7 Å². The second-order valence-corrected chi connectivity index (χ2v) is 16.5. The number of benzene rings is 8. The molecule has 0 radical (unpaired) electrons. The van der Waals surface area contributed by atoms with Gasteiger partial charge < -0.3 is 34.4 Å². The lowest BCUT2D eigenvalue weighted by atomic mass is 10.1. The average Bonchev–Trinajstić information content (AvgIpc) is 3.24. The molecule has 0 saturated heterocycles. The number of anilines is 4. The number of nitrogens with one attached hydrogen (secondary N) is 4. The normalized spacial score (nSPS) is 11.3. The fourth-order valence-corrected chi connectivity index (χ4v) is 8.17. The molecule has 0 aliphatic rings. The Bertz CT molecular complexity index is 2920. The number of carbonyl (C=O) groups excluding carboxylic acids is 2. The number of amides is 4. The van der Waals surface area contributed by atoms with Gasteiger partial charge >= 0.3 is 32.3 Å². The highest BCUT2D eigenvalue weighted by atomic mass is 32.2. The first kappa shape index (κ1) is 39.9. The van der Waals surface area contributed by atoms with Gasteiger partial charge in [-0.25, -0.2) is 9.59 Å². The fourth-order valence-electron chi connectivity index (χ4n) is 6.32. The molecule has 4 amide bonds. The lowest BCUT2D eigenvalue weighted by Crippen LogP contribution is -2.19. The van der Waals surface area contributed by atoms with Crippen molar-refractivity contribution in [2.75, 3.05) is 21.3 Å². The SMILES string of the molecule is O=C(Nc1cccc(OS(=O)(=O)c2ccc(Oc3ccc(S(=O)(=O)Oc4cccc(NC(=O)Nc5cccc6ccccc56)c4)cc3)cc2)c1)Nc1cccc2ccccc12. The average molecular weight is 851 g/mol. The summed E-state index contributed by atoms with van der Waals surface area (Å²) < 4.78 is 69.2. The molecule has 0 fully saturated rings. The number of ether oxygens (including phenoxy) is 1. The summed E-state index contributed by atoms with van der Waals surface area (Å²) in [6, 6.07) is 48.1. The van der Waals surface area contributed by atoms with Crippen molar-refractivity contribution < 1.29 is 39.5 Å². The summed E-state index contributed by atoms with van der Waals surface area (Å²) in [6.45, 7) is 0. The lowest BCUT2D eigenvalue weighted by Gasteiger charge is -2.12. The van der Waals surface area contributed by atoms with Gasteiger partial charge in [0.25, 0.3) is 0 Å². The van der Waals surface area contributed by atoms with E-state index in [9.17, 15) is 26.4 Å². The summed E-state index contributed by atoms with van der Waals surface area (Å²) in [5.41, 5.74) is 1.84. The zero-order valence-corrected chi connectivity index (χ0v) is 33.4. The minimum atomic E-state index is -4.29. The van der Waals surface area contributed by atoms with Crippen molar-refractivity contribution in [3.05, 3.63) is 182 Å². The van der Waals surface area contributed by atoms with Crippen LogP contribution in [0.1, 0.15) is 0 Å². The first-order chi connectivity index (χ1) is 29.5. The number of hydrogen-bond acceptors (Lipinski definition) is 9. The van der Waals surface area contributed by atoms with E-state index in [-0.39, 0.29) is 32.8 Å². The van der Waals surface area contributed by atoms with Crippen molar-refractivity contribution in [3.63, 3.8) is 0 Å². The number of carbonyl (C=O) groups is 2. The summed E-state index contributed by atoms with van der Waals surface area (Å²) in [7, 11) is -8.57. The Hall–Kier alpha value is -7.88. The largest absolute Gasteiger partial charge is 0.457 e.